The quantitative estimate of drug-likeness (QED) is 0.280. The van der Waals surface area contributed by atoms with E-state index < -0.39 is 0 Å². The first-order chi connectivity index (χ1) is 23.7. The summed E-state index contributed by atoms with van der Waals surface area (Å²) in [7, 11) is -0.493. The van der Waals surface area contributed by atoms with Gasteiger partial charge in [0, 0.05) is 22.4 Å². The lowest BCUT2D eigenvalue weighted by molar-refractivity contribution is 0.0253. The van der Waals surface area contributed by atoms with E-state index in [1.165, 1.54) is 176 Å². The van der Waals surface area contributed by atoms with Crippen molar-refractivity contribution in [1.82, 2.24) is 0 Å². The molecule has 0 saturated heterocycles. The molecule has 0 bridgehead atoms. The normalized spacial score (nSPS) is 28.2. The maximum absolute atomic E-state index is 12.2. The molecule has 3 atom stereocenters. The molecule has 2 aromatic carbocycles. The van der Waals surface area contributed by atoms with Crippen LogP contribution in [-0.2, 0) is 12.8 Å². The van der Waals surface area contributed by atoms with Crippen LogP contribution in [0.25, 0.3) is 0 Å². The lowest BCUT2D eigenvalue weighted by Crippen LogP contribution is -2.44. The molecule has 4 heteroatoms. The first-order valence-corrected chi connectivity index (χ1v) is 23.9. The van der Waals surface area contributed by atoms with Crippen LogP contribution in [0.3, 0.4) is 0 Å². The number of hydrogen-bond donors (Lipinski definition) is 1. The molecule has 5 saturated carbocycles. The van der Waals surface area contributed by atoms with Gasteiger partial charge >= 0.3 is 0 Å². The second-order valence-corrected chi connectivity index (χ2v) is 22.5. The van der Waals surface area contributed by atoms with Crippen LogP contribution in [0.5, 0.6) is 11.5 Å². The Morgan fingerprint density at radius 2 is 1.04 bits per heavy atom. The number of ether oxygens (including phenoxy) is 1. The molecule has 0 radical (unpaired) electrons. The van der Waals surface area contributed by atoms with E-state index in [0.29, 0.717) is 23.7 Å². The van der Waals surface area contributed by atoms with Crippen LogP contribution in [0.4, 0.5) is 0 Å². The van der Waals surface area contributed by atoms with Gasteiger partial charge < -0.3 is 9.84 Å². The van der Waals surface area contributed by atoms with E-state index in [2.05, 4.69) is 36.4 Å². The molecule has 5 fully saturated rings. The number of hydrogen-bond acceptors (Lipinski definition) is 2. The van der Waals surface area contributed by atoms with Crippen molar-refractivity contribution < 1.29 is 9.84 Å². The SMILES string of the molecule is Oc1c(C[C@@H]2CCCC3Cc4cccc(P(C5CCCCC5)C5CCCCC5)c4OC32)cccc1P(C1CCCCC1)C1CCCCC1. The average molecular weight is 687 g/mol. The summed E-state index contributed by atoms with van der Waals surface area (Å²) in [4.78, 5) is 0. The van der Waals surface area contributed by atoms with Crippen LogP contribution in [0.15, 0.2) is 36.4 Å². The van der Waals surface area contributed by atoms with Gasteiger partial charge in [-0.25, -0.2) is 0 Å². The molecule has 1 aliphatic heterocycles. The molecule has 0 spiro atoms. The van der Waals surface area contributed by atoms with Gasteiger partial charge in [0.05, 0.1) is 0 Å². The molecule has 48 heavy (non-hydrogen) atoms. The molecule has 5 aliphatic carbocycles. The van der Waals surface area contributed by atoms with E-state index in [1.807, 2.05) is 0 Å². The monoisotopic (exact) mass is 686 g/mol. The smallest absolute Gasteiger partial charge is 0.130 e. The minimum Gasteiger partial charge on any atom is -0.507 e. The third-order valence-electron chi connectivity index (χ3n) is 13.9. The molecule has 0 amide bonds. The van der Waals surface area contributed by atoms with Crippen LogP contribution in [0, 0.1) is 11.8 Å². The Morgan fingerprint density at radius 3 is 1.60 bits per heavy atom. The fourth-order valence-electron chi connectivity index (χ4n) is 11.5. The minimum absolute atomic E-state index is 0.187. The Morgan fingerprint density at radius 1 is 0.542 bits per heavy atom. The standard InChI is InChI=1S/C44H64O2P2/c45-42-32(16-14-28-40(42)47(36-20-5-1-6-21-36)37-22-7-2-8-23-37)30-33-17-13-18-34-31-35-19-15-29-41(44(35)46-43(33)34)48(38-24-9-3-10-25-38)39-26-11-4-12-27-39/h14-16,19,28-29,33-34,36-39,43,45H,1-13,17-18,20-27,30-31H2/t33-,34?,43?/m0/s1. The Bertz CT molecular complexity index is 1300. The summed E-state index contributed by atoms with van der Waals surface area (Å²) in [6.07, 6.45) is 34.7. The summed E-state index contributed by atoms with van der Waals surface area (Å²) in [5, 5.41) is 15.2. The zero-order valence-corrected chi connectivity index (χ0v) is 31.7. The summed E-state index contributed by atoms with van der Waals surface area (Å²) < 4.78 is 7.46. The van der Waals surface area contributed by atoms with Gasteiger partial charge in [-0.3, -0.25) is 0 Å². The van der Waals surface area contributed by atoms with Gasteiger partial charge in [0.15, 0.2) is 0 Å². The van der Waals surface area contributed by atoms with Crippen molar-refractivity contribution in [3.05, 3.63) is 47.5 Å². The first-order valence-electron chi connectivity index (χ1n) is 20.9. The fraction of sp³-hybridized carbons (Fsp3) is 0.727. The molecule has 262 valence electrons. The number of para-hydroxylation sites is 2. The van der Waals surface area contributed by atoms with Crippen molar-refractivity contribution >= 4 is 26.5 Å². The Hall–Kier alpha value is -1.10. The molecule has 2 unspecified atom stereocenters. The van der Waals surface area contributed by atoms with Gasteiger partial charge in [-0.1, -0.05) is 136 Å². The second-order valence-electron chi connectivity index (χ2n) is 17.0. The van der Waals surface area contributed by atoms with Crippen LogP contribution < -0.4 is 15.3 Å². The van der Waals surface area contributed by atoms with Crippen molar-refractivity contribution in [3.63, 3.8) is 0 Å². The largest absolute Gasteiger partial charge is 0.507 e. The van der Waals surface area contributed by atoms with E-state index in [1.54, 1.807) is 5.30 Å². The van der Waals surface area contributed by atoms with Gasteiger partial charge in [0.1, 0.15) is 17.6 Å². The van der Waals surface area contributed by atoms with Crippen molar-refractivity contribution in [2.45, 2.75) is 189 Å². The van der Waals surface area contributed by atoms with E-state index in [9.17, 15) is 5.11 Å². The number of phenolic OH excluding ortho intramolecular Hbond substituents is 1. The maximum Gasteiger partial charge on any atom is 0.130 e. The molecule has 2 aromatic rings. The Balaban J connectivity index is 1.07. The first kappa shape index (κ1) is 34.0. The number of fused-ring (bicyclic) bond motifs is 2. The maximum atomic E-state index is 12.2. The Kier molecular flexibility index (Phi) is 11.4. The second kappa shape index (κ2) is 16.1. The van der Waals surface area contributed by atoms with Gasteiger partial charge in [0.25, 0.3) is 0 Å². The molecule has 1 heterocycles. The predicted molar refractivity (Wildman–Crippen MR) is 208 cm³/mol. The van der Waals surface area contributed by atoms with Crippen molar-refractivity contribution in [3.8, 4) is 11.5 Å². The number of aromatic hydroxyl groups is 1. The lowest BCUT2D eigenvalue weighted by Gasteiger charge is -2.45. The van der Waals surface area contributed by atoms with Crippen LogP contribution in [-0.4, -0.2) is 33.8 Å². The summed E-state index contributed by atoms with van der Waals surface area (Å²) in [6.45, 7) is 0. The third-order valence-corrected chi connectivity index (χ3v) is 20.9. The number of phenols is 1. The van der Waals surface area contributed by atoms with Crippen molar-refractivity contribution in [1.29, 1.82) is 0 Å². The van der Waals surface area contributed by atoms with Crippen LogP contribution in [0.1, 0.15) is 159 Å². The van der Waals surface area contributed by atoms with Gasteiger partial charge in [-0.2, -0.15) is 0 Å². The summed E-state index contributed by atoms with van der Waals surface area (Å²) >= 11 is 0. The molecule has 0 aromatic heterocycles. The summed E-state index contributed by atoms with van der Waals surface area (Å²) in [6, 6.07) is 14.3. The number of benzene rings is 2. The van der Waals surface area contributed by atoms with Gasteiger partial charge in [-0.05, 0) is 111 Å². The topological polar surface area (TPSA) is 29.5 Å². The Labute approximate surface area is 295 Å². The predicted octanol–water partition coefficient (Wildman–Crippen LogP) is 11.9. The van der Waals surface area contributed by atoms with E-state index >= 15 is 0 Å². The number of rotatable bonds is 8. The summed E-state index contributed by atoms with van der Waals surface area (Å²) in [5.41, 5.74) is 6.17. The highest BCUT2D eigenvalue weighted by atomic mass is 31.1. The summed E-state index contributed by atoms with van der Waals surface area (Å²) in [5.74, 6) is 3.15. The molecule has 8 rings (SSSR count). The van der Waals surface area contributed by atoms with Crippen LogP contribution in [0.2, 0.25) is 0 Å². The fourth-order valence-corrected chi connectivity index (χ4v) is 19.3. The lowest BCUT2D eigenvalue weighted by atomic mass is 9.72. The minimum atomic E-state index is -0.307. The highest BCUT2D eigenvalue weighted by Gasteiger charge is 2.42. The molecule has 1 N–H and O–H groups in total. The van der Waals surface area contributed by atoms with Gasteiger partial charge in [-0.15, -0.1) is 0 Å². The molecule has 2 nitrogen and oxygen atoms in total. The van der Waals surface area contributed by atoms with Crippen molar-refractivity contribution in [2.24, 2.45) is 11.8 Å². The highest BCUT2D eigenvalue weighted by Crippen LogP contribution is 2.59. The van der Waals surface area contributed by atoms with Crippen LogP contribution >= 0.6 is 15.8 Å². The molecular weight excluding hydrogens is 622 g/mol. The van der Waals surface area contributed by atoms with E-state index in [-0.39, 0.29) is 15.8 Å². The zero-order valence-electron chi connectivity index (χ0n) is 29.9. The van der Waals surface area contributed by atoms with E-state index in [4.69, 9.17) is 4.74 Å². The van der Waals surface area contributed by atoms with E-state index in [0.717, 1.165) is 29.1 Å². The van der Waals surface area contributed by atoms with Gasteiger partial charge in [0.2, 0.25) is 0 Å². The average Bonchev–Trinajstić information content (AvgIpc) is 3.15. The highest BCUT2D eigenvalue weighted by molar-refractivity contribution is 7.67. The molecule has 6 aliphatic rings. The molecular formula is C44H64O2P2. The zero-order chi connectivity index (χ0) is 32.3. The van der Waals surface area contributed by atoms with Crippen molar-refractivity contribution in [2.75, 3.05) is 0 Å². The third kappa shape index (κ3) is 7.30.